The van der Waals surface area contributed by atoms with E-state index in [9.17, 15) is 13.2 Å². The molecule has 1 N–H and O–H groups in total. The molecule has 0 heterocycles. The molecule has 0 aliphatic heterocycles. The van der Waals surface area contributed by atoms with Gasteiger partial charge in [-0.05, 0) is 26.7 Å². The Hall–Kier alpha value is -0.510. The fourth-order valence-corrected chi connectivity index (χ4v) is 0.932. The minimum atomic E-state index is -4.27. The smallest absolute Gasteiger partial charge is 0.394 e. The first-order valence-electron chi connectivity index (χ1n) is 4.19. The maximum Gasteiger partial charge on any atom is 0.394 e. The maximum absolute atomic E-state index is 12.1. The van der Waals surface area contributed by atoms with E-state index in [0.717, 1.165) is 5.57 Å². The number of alkyl halides is 3. The van der Waals surface area contributed by atoms with Crippen LogP contribution in [0.25, 0.3) is 0 Å². The standard InChI is InChI=1S/C9H15F3O/c1-7(2)4-3-5-8(6-13)9(10,11)12/h4,8,13H,3,5-6H2,1-2H3/t8-/m1/s1. The van der Waals surface area contributed by atoms with Crippen LogP contribution in [0.1, 0.15) is 26.7 Å². The van der Waals surface area contributed by atoms with Gasteiger partial charge in [0.25, 0.3) is 0 Å². The Kier molecular flexibility index (Phi) is 5.06. The second-order valence-electron chi connectivity index (χ2n) is 3.28. The zero-order valence-corrected chi connectivity index (χ0v) is 7.86. The van der Waals surface area contributed by atoms with Crippen molar-refractivity contribution in [2.24, 2.45) is 5.92 Å². The van der Waals surface area contributed by atoms with Gasteiger partial charge in [-0.2, -0.15) is 13.2 Å². The summed E-state index contributed by atoms with van der Waals surface area (Å²) in [5.74, 6) is -1.58. The molecule has 0 bridgehead atoms. The summed E-state index contributed by atoms with van der Waals surface area (Å²) in [5, 5.41) is 8.49. The van der Waals surface area contributed by atoms with E-state index in [1.165, 1.54) is 0 Å². The predicted octanol–water partition coefficient (Wildman–Crippen LogP) is 2.90. The Bertz CT molecular complexity index is 168. The zero-order valence-electron chi connectivity index (χ0n) is 7.86. The second kappa shape index (κ2) is 5.27. The lowest BCUT2D eigenvalue weighted by Gasteiger charge is -2.16. The maximum atomic E-state index is 12.1. The van der Waals surface area contributed by atoms with Gasteiger partial charge >= 0.3 is 6.18 Å². The molecule has 1 atom stereocenters. The molecule has 0 radical (unpaired) electrons. The first-order valence-corrected chi connectivity index (χ1v) is 4.19. The summed E-state index contributed by atoms with van der Waals surface area (Å²) in [7, 11) is 0. The minimum Gasteiger partial charge on any atom is -0.396 e. The molecule has 78 valence electrons. The molecule has 13 heavy (non-hydrogen) atoms. The van der Waals surface area contributed by atoms with Crippen molar-refractivity contribution in [3.8, 4) is 0 Å². The molecule has 0 aliphatic rings. The Morgan fingerprint density at radius 1 is 1.38 bits per heavy atom. The fourth-order valence-electron chi connectivity index (χ4n) is 0.932. The SMILES string of the molecule is CC(C)=CCC[C@H](CO)C(F)(F)F. The lowest BCUT2D eigenvalue weighted by Crippen LogP contribution is -2.25. The number of aliphatic hydroxyl groups excluding tert-OH is 1. The first kappa shape index (κ1) is 12.5. The van der Waals surface area contributed by atoms with Gasteiger partial charge in [-0.15, -0.1) is 0 Å². The van der Waals surface area contributed by atoms with Crippen LogP contribution in [0.4, 0.5) is 13.2 Å². The molecule has 0 rings (SSSR count). The number of hydrogen-bond acceptors (Lipinski definition) is 1. The molecule has 0 aromatic rings. The summed E-state index contributed by atoms with van der Waals surface area (Å²) >= 11 is 0. The third kappa shape index (κ3) is 5.69. The van der Waals surface area contributed by atoms with Crippen molar-refractivity contribution in [1.82, 2.24) is 0 Å². The highest BCUT2D eigenvalue weighted by atomic mass is 19.4. The van der Waals surface area contributed by atoms with Gasteiger partial charge < -0.3 is 5.11 Å². The highest BCUT2D eigenvalue weighted by Crippen LogP contribution is 2.29. The van der Waals surface area contributed by atoms with Crippen molar-refractivity contribution in [1.29, 1.82) is 0 Å². The molecule has 0 aromatic heterocycles. The van der Waals surface area contributed by atoms with E-state index in [0.29, 0.717) is 6.42 Å². The third-order valence-electron chi connectivity index (χ3n) is 1.75. The van der Waals surface area contributed by atoms with Crippen molar-refractivity contribution in [3.63, 3.8) is 0 Å². The largest absolute Gasteiger partial charge is 0.396 e. The van der Waals surface area contributed by atoms with Crippen molar-refractivity contribution in [3.05, 3.63) is 11.6 Å². The monoisotopic (exact) mass is 196 g/mol. The van der Waals surface area contributed by atoms with Crippen molar-refractivity contribution in [2.75, 3.05) is 6.61 Å². The molecular formula is C9H15F3O. The molecule has 4 heteroatoms. The van der Waals surface area contributed by atoms with Crippen LogP contribution in [0.15, 0.2) is 11.6 Å². The molecule has 0 saturated carbocycles. The van der Waals surface area contributed by atoms with E-state index in [1.54, 1.807) is 6.08 Å². The van der Waals surface area contributed by atoms with E-state index < -0.39 is 18.7 Å². The summed E-state index contributed by atoms with van der Waals surface area (Å²) < 4.78 is 36.2. The van der Waals surface area contributed by atoms with Crippen LogP contribution < -0.4 is 0 Å². The Morgan fingerprint density at radius 3 is 2.23 bits per heavy atom. The summed E-state index contributed by atoms with van der Waals surface area (Å²) in [6.07, 6.45) is -2.20. The average molecular weight is 196 g/mol. The molecule has 0 fully saturated rings. The third-order valence-corrected chi connectivity index (χ3v) is 1.75. The average Bonchev–Trinajstić information content (AvgIpc) is 1.95. The topological polar surface area (TPSA) is 20.2 Å². The summed E-state index contributed by atoms with van der Waals surface area (Å²) in [6.45, 7) is 2.85. The predicted molar refractivity (Wildman–Crippen MR) is 45.3 cm³/mol. The van der Waals surface area contributed by atoms with Crippen LogP contribution in [0.3, 0.4) is 0 Å². The van der Waals surface area contributed by atoms with Crippen LogP contribution in [-0.4, -0.2) is 17.9 Å². The van der Waals surface area contributed by atoms with Gasteiger partial charge in [0.15, 0.2) is 0 Å². The van der Waals surface area contributed by atoms with E-state index in [4.69, 9.17) is 5.11 Å². The highest BCUT2D eigenvalue weighted by molar-refractivity contribution is 4.93. The van der Waals surface area contributed by atoms with Crippen molar-refractivity contribution < 1.29 is 18.3 Å². The van der Waals surface area contributed by atoms with Gasteiger partial charge in [-0.1, -0.05) is 11.6 Å². The van der Waals surface area contributed by atoms with Crippen LogP contribution >= 0.6 is 0 Å². The van der Waals surface area contributed by atoms with Gasteiger partial charge in [-0.25, -0.2) is 0 Å². The van der Waals surface area contributed by atoms with Crippen LogP contribution in [0.5, 0.6) is 0 Å². The second-order valence-corrected chi connectivity index (χ2v) is 3.28. The number of allylic oxidation sites excluding steroid dienone is 2. The molecule has 0 aromatic carbocycles. The Morgan fingerprint density at radius 2 is 1.92 bits per heavy atom. The molecular weight excluding hydrogens is 181 g/mol. The Labute approximate surface area is 76.3 Å². The number of rotatable bonds is 4. The van der Waals surface area contributed by atoms with Gasteiger partial charge in [-0.3, -0.25) is 0 Å². The van der Waals surface area contributed by atoms with E-state index >= 15 is 0 Å². The van der Waals surface area contributed by atoms with Gasteiger partial charge in [0.2, 0.25) is 0 Å². The highest BCUT2D eigenvalue weighted by Gasteiger charge is 2.38. The molecule has 0 spiro atoms. The Balaban J connectivity index is 3.94. The molecule has 0 unspecified atom stereocenters. The van der Waals surface area contributed by atoms with Crippen LogP contribution in [0, 0.1) is 5.92 Å². The summed E-state index contributed by atoms with van der Waals surface area (Å²) in [6, 6.07) is 0. The van der Waals surface area contributed by atoms with E-state index in [2.05, 4.69) is 0 Å². The molecule has 0 amide bonds. The lowest BCUT2D eigenvalue weighted by molar-refractivity contribution is -0.185. The number of aliphatic hydroxyl groups is 1. The van der Waals surface area contributed by atoms with E-state index in [-0.39, 0.29) is 6.42 Å². The van der Waals surface area contributed by atoms with Crippen molar-refractivity contribution in [2.45, 2.75) is 32.9 Å². The first-order chi connectivity index (χ1) is 5.88. The van der Waals surface area contributed by atoms with Crippen LogP contribution in [0.2, 0.25) is 0 Å². The molecule has 1 nitrogen and oxygen atoms in total. The summed E-state index contributed by atoms with van der Waals surface area (Å²) in [5.41, 5.74) is 0.999. The normalized spacial score (nSPS) is 14.0. The quantitative estimate of drug-likeness (QED) is 0.685. The van der Waals surface area contributed by atoms with Crippen molar-refractivity contribution >= 4 is 0 Å². The lowest BCUT2D eigenvalue weighted by atomic mass is 10.0. The minimum absolute atomic E-state index is 0.0365. The van der Waals surface area contributed by atoms with E-state index in [1.807, 2.05) is 13.8 Å². The van der Waals surface area contributed by atoms with Crippen LogP contribution in [-0.2, 0) is 0 Å². The van der Waals surface area contributed by atoms with Gasteiger partial charge in [0.1, 0.15) is 0 Å². The molecule has 0 aliphatic carbocycles. The van der Waals surface area contributed by atoms with Gasteiger partial charge in [0.05, 0.1) is 12.5 Å². The van der Waals surface area contributed by atoms with Gasteiger partial charge in [0, 0.05) is 0 Å². The molecule has 0 saturated heterocycles. The number of halogens is 3. The number of hydrogen-bond donors (Lipinski definition) is 1. The fraction of sp³-hybridized carbons (Fsp3) is 0.778. The zero-order chi connectivity index (χ0) is 10.5. The summed E-state index contributed by atoms with van der Waals surface area (Å²) in [4.78, 5) is 0.